The molecule has 0 aliphatic carbocycles. The highest BCUT2D eigenvalue weighted by atomic mass is 35.5. The average Bonchev–Trinajstić information content (AvgIpc) is 3.01. The van der Waals surface area contributed by atoms with Gasteiger partial charge in [-0.3, -0.25) is 19.0 Å². The van der Waals surface area contributed by atoms with Crippen LogP contribution in [-0.4, -0.2) is 66.0 Å². The third kappa shape index (κ3) is 4.96. The van der Waals surface area contributed by atoms with E-state index in [0.717, 1.165) is 10.7 Å². The highest BCUT2D eigenvalue weighted by Gasteiger charge is 2.32. The summed E-state index contributed by atoms with van der Waals surface area (Å²) in [4.78, 5) is 37.5. The Hall–Kier alpha value is -4.29. The molecule has 5 aromatic rings. The van der Waals surface area contributed by atoms with Crippen LogP contribution in [0.2, 0.25) is 5.02 Å². The molecule has 0 atom stereocenters. The second-order valence-corrected chi connectivity index (χ2v) is 13.7. The number of nitrogens with zero attached hydrogens (tertiary/aromatic N) is 4. The van der Waals surface area contributed by atoms with Crippen molar-refractivity contribution in [3.63, 3.8) is 0 Å². The van der Waals surface area contributed by atoms with Crippen LogP contribution in [0.3, 0.4) is 0 Å². The Balaban J connectivity index is 1.89. The first-order chi connectivity index (χ1) is 21.3. The second kappa shape index (κ2) is 11.3. The fourth-order valence-electron chi connectivity index (χ4n) is 6.18. The number of fused-ring (bicyclic) bond motifs is 5. The van der Waals surface area contributed by atoms with Gasteiger partial charge in [0.05, 0.1) is 33.0 Å². The van der Waals surface area contributed by atoms with Gasteiger partial charge in [-0.05, 0) is 43.2 Å². The number of benzene rings is 2. The fraction of sp³-hybridized carbons (Fsp3) is 0.281. The zero-order valence-corrected chi connectivity index (χ0v) is 26.6. The molecule has 45 heavy (non-hydrogen) atoms. The lowest BCUT2D eigenvalue weighted by molar-refractivity contribution is -0.126. The molecule has 6 rings (SSSR count). The maximum absolute atomic E-state index is 17.2. The molecular weight excluding hydrogens is 624 g/mol. The van der Waals surface area contributed by atoms with Gasteiger partial charge >= 0.3 is 0 Å². The summed E-state index contributed by atoms with van der Waals surface area (Å²) < 4.78 is 60.9. The molecule has 0 saturated carbocycles. The summed E-state index contributed by atoms with van der Waals surface area (Å²) in [6.45, 7) is 6.22. The SMILES string of the molecule is C/C=C/C(=O)N1CCN(c2c(S(C)(=O)=O)c(=O)n3c4c(C(C)C)nccc4[nH]c4cccc(F)c4c4c(Cl)cc2c3c4F)CC1. The number of amides is 1. The van der Waals surface area contributed by atoms with Crippen LogP contribution in [0.25, 0.3) is 38.2 Å². The number of anilines is 1. The molecule has 2 aromatic carbocycles. The Morgan fingerprint density at radius 3 is 2.42 bits per heavy atom. The van der Waals surface area contributed by atoms with E-state index in [-0.39, 0.29) is 81.4 Å². The second-order valence-electron chi connectivity index (χ2n) is 11.4. The van der Waals surface area contributed by atoms with E-state index in [1.165, 1.54) is 30.5 Å². The van der Waals surface area contributed by atoms with Gasteiger partial charge < -0.3 is 14.8 Å². The Labute approximate surface area is 262 Å². The minimum absolute atomic E-state index is 0.0169. The first kappa shape index (κ1) is 30.7. The summed E-state index contributed by atoms with van der Waals surface area (Å²) in [5, 5.41) is -0.529. The number of hydrogen-bond acceptors (Lipinski definition) is 6. The van der Waals surface area contributed by atoms with Crippen molar-refractivity contribution in [2.45, 2.75) is 31.6 Å². The number of nitrogens with one attached hydrogen (secondary N) is 1. The van der Waals surface area contributed by atoms with Crippen molar-refractivity contribution in [3.05, 3.63) is 81.4 Å². The summed E-state index contributed by atoms with van der Waals surface area (Å²) in [7, 11) is -4.24. The van der Waals surface area contributed by atoms with E-state index in [1.54, 1.807) is 34.9 Å². The Kier molecular flexibility index (Phi) is 7.68. The molecule has 1 aliphatic heterocycles. The number of aromatic amines is 1. The normalized spacial score (nSPS) is 14.6. The van der Waals surface area contributed by atoms with E-state index in [4.69, 9.17) is 11.6 Å². The Morgan fingerprint density at radius 1 is 1.07 bits per heavy atom. The van der Waals surface area contributed by atoms with Gasteiger partial charge in [0.25, 0.3) is 5.56 Å². The van der Waals surface area contributed by atoms with Crippen LogP contribution in [0.1, 0.15) is 32.4 Å². The summed E-state index contributed by atoms with van der Waals surface area (Å²) in [5.41, 5.74) is -0.231. The number of carbonyl (C=O) groups excluding carboxylic acids is 1. The minimum atomic E-state index is -4.24. The lowest BCUT2D eigenvalue weighted by Crippen LogP contribution is -2.49. The molecule has 0 spiro atoms. The first-order valence-electron chi connectivity index (χ1n) is 14.4. The van der Waals surface area contributed by atoms with Gasteiger partial charge in [0, 0.05) is 60.3 Å². The van der Waals surface area contributed by atoms with Crippen LogP contribution in [0, 0.1) is 11.6 Å². The zero-order valence-electron chi connectivity index (χ0n) is 25.0. The van der Waals surface area contributed by atoms with Crippen LogP contribution < -0.4 is 10.5 Å². The summed E-state index contributed by atoms with van der Waals surface area (Å²) >= 11 is 6.76. The average molecular weight is 654 g/mol. The maximum Gasteiger partial charge on any atom is 0.276 e. The first-order valence-corrected chi connectivity index (χ1v) is 16.6. The maximum atomic E-state index is 17.2. The largest absolute Gasteiger partial charge is 0.366 e. The molecular formula is C32H30ClF2N5O4S. The molecule has 13 heteroatoms. The van der Waals surface area contributed by atoms with Crippen molar-refractivity contribution in [3.8, 4) is 0 Å². The molecule has 0 unspecified atom stereocenters. The van der Waals surface area contributed by atoms with Crippen molar-refractivity contribution in [1.82, 2.24) is 19.3 Å². The molecule has 9 nitrogen and oxygen atoms in total. The van der Waals surface area contributed by atoms with E-state index in [0.29, 0.717) is 11.2 Å². The van der Waals surface area contributed by atoms with Crippen LogP contribution in [0.15, 0.2) is 58.4 Å². The summed E-state index contributed by atoms with van der Waals surface area (Å²) in [6.07, 6.45) is 5.51. The lowest BCUT2D eigenvalue weighted by atomic mass is 10.0. The fourth-order valence-corrected chi connectivity index (χ4v) is 7.46. The summed E-state index contributed by atoms with van der Waals surface area (Å²) in [6, 6.07) is 7.17. The van der Waals surface area contributed by atoms with Gasteiger partial charge in [-0.25, -0.2) is 17.2 Å². The van der Waals surface area contributed by atoms with Crippen LogP contribution in [0.4, 0.5) is 14.5 Å². The van der Waals surface area contributed by atoms with Crippen molar-refractivity contribution in [1.29, 1.82) is 0 Å². The molecule has 3 aromatic heterocycles. The lowest BCUT2D eigenvalue weighted by Gasteiger charge is -2.37. The topological polar surface area (TPSA) is 108 Å². The zero-order chi connectivity index (χ0) is 32.4. The van der Waals surface area contributed by atoms with Crippen LogP contribution >= 0.6 is 11.6 Å². The number of allylic oxidation sites excluding steroid dienone is 1. The number of aromatic nitrogens is 3. The molecule has 1 N–H and O–H groups in total. The quantitative estimate of drug-likeness (QED) is 0.249. The number of rotatable bonds is 4. The van der Waals surface area contributed by atoms with Crippen LogP contribution in [0.5, 0.6) is 0 Å². The van der Waals surface area contributed by atoms with E-state index >= 15 is 8.78 Å². The number of carbonyl (C=O) groups is 1. The molecule has 234 valence electrons. The number of hydrogen-bond donors (Lipinski definition) is 1. The van der Waals surface area contributed by atoms with Gasteiger partial charge in [-0.1, -0.05) is 37.6 Å². The Bertz CT molecular complexity index is 2290. The van der Waals surface area contributed by atoms with E-state index in [9.17, 15) is 18.0 Å². The van der Waals surface area contributed by atoms with Crippen molar-refractivity contribution >= 4 is 71.3 Å². The van der Waals surface area contributed by atoms with E-state index in [2.05, 4.69) is 9.97 Å². The molecule has 0 radical (unpaired) electrons. The van der Waals surface area contributed by atoms with Gasteiger partial charge in [-0.15, -0.1) is 0 Å². The van der Waals surface area contributed by atoms with Crippen molar-refractivity contribution in [2.75, 3.05) is 37.3 Å². The summed E-state index contributed by atoms with van der Waals surface area (Å²) in [5.74, 6) is -2.21. The standard InChI is InChI=1S/C32H30ClF2N5O4S/c1-5-7-23(41)38-12-14-39(15-13-38)29-18-16-19(33)24-25-20(34)8-6-9-21(25)37-22-10-11-36-27(17(2)3)30(22)40(28(18)26(24)35)32(42)31(29)45(4,43)44/h5-11,16-17,37H,12-15H2,1-4H3/b7-5+. The third-order valence-corrected chi connectivity index (χ3v) is 9.53. The monoisotopic (exact) mass is 653 g/mol. The molecule has 2 bridgehead atoms. The van der Waals surface area contributed by atoms with Crippen molar-refractivity contribution in [2.24, 2.45) is 0 Å². The highest BCUT2D eigenvalue weighted by molar-refractivity contribution is 7.90. The minimum Gasteiger partial charge on any atom is -0.366 e. The van der Waals surface area contributed by atoms with Gasteiger partial charge in [0.15, 0.2) is 20.5 Å². The smallest absolute Gasteiger partial charge is 0.276 e. The molecule has 4 heterocycles. The number of pyridine rings is 2. The number of sulfone groups is 1. The van der Waals surface area contributed by atoms with E-state index < -0.39 is 31.9 Å². The molecule has 1 aliphatic rings. The van der Waals surface area contributed by atoms with Gasteiger partial charge in [0.2, 0.25) is 5.91 Å². The highest BCUT2D eigenvalue weighted by Crippen LogP contribution is 2.41. The Morgan fingerprint density at radius 2 is 1.78 bits per heavy atom. The van der Waals surface area contributed by atoms with Crippen LogP contribution in [-0.2, 0) is 14.6 Å². The predicted molar refractivity (Wildman–Crippen MR) is 173 cm³/mol. The number of piperazine rings is 1. The van der Waals surface area contributed by atoms with Crippen molar-refractivity contribution < 1.29 is 22.0 Å². The molecule has 1 fully saturated rings. The van der Waals surface area contributed by atoms with E-state index in [1.807, 2.05) is 13.8 Å². The predicted octanol–water partition coefficient (Wildman–Crippen LogP) is 5.73. The number of halogens is 3. The van der Waals surface area contributed by atoms with Gasteiger partial charge in [0.1, 0.15) is 5.82 Å². The third-order valence-electron chi connectivity index (χ3n) is 8.13. The molecule has 1 saturated heterocycles. The number of H-pyrrole nitrogens is 1. The molecule has 1 amide bonds. The van der Waals surface area contributed by atoms with Gasteiger partial charge in [-0.2, -0.15) is 0 Å².